The number of amides is 1. The Morgan fingerprint density at radius 3 is 2.75 bits per heavy atom. The first-order valence-electron chi connectivity index (χ1n) is 4.41. The molecule has 0 aliphatic rings. The topological polar surface area (TPSA) is 66.4 Å². The molecule has 0 saturated carbocycles. The summed E-state index contributed by atoms with van der Waals surface area (Å²) in [6.07, 6.45) is 0. The van der Waals surface area contributed by atoms with E-state index in [4.69, 9.17) is 5.11 Å². The molecule has 1 aromatic rings. The normalized spacial score (nSPS) is 9.88. The van der Waals surface area contributed by atoms with E-state index in [9.17, 15) is 9.59 Å². The van der Waals surface area contributed by atoms with E-state index in [2.05, 4.69) is 21.2 Å². The van der Waals surface area contributed by atoms with E-state index in [1.54, 1.807) is 25.2 Å². The van der Waals surface area contributed by atoms with Gasteiger partial charge in [0.15, 0.2) is 0 Å². The molecule has 0 radical (unpaired) electrons. The molecular formula is C10H10BrNO3S. The number of benzene rings is 1. The second-order valence-corrected chi connectivity index (χ2v) is 4.81. The van der Waals surface area contributed by atoms with Crippen molar-refractivity contribution in [1.29, 1.82) is 0 Å². The van der Waals surface area contributed by atoms with E-state index in [-0.39, 0.29) is 17.2 Å². The summed E-state index contributed by atoms with van der Waals surface area (Å²) in [6, 6.07) is 4.97. The molecule has 16 heavy (non-hydrogen) atoms. The van der Waals surface area contributed by atoms with E-state index >= 15 is 0 Å². The summed E-state index contributed by atoms with van der Waals surface area (Å²) < 4.78 is 0.532. The molecule has 86 valence electrons. The van der Waals surface area contributed by atoms with Gasteiger partial charge >= 0.3 is 5.97 Å². The lowest BCUT2D eigenvalue weighted by atomic mass is 10.2. The number of hydrogen-bond acceptors (Lipinski definition) is 3. The highest BCUT2D eigenvalue weighted by molar-refractivity contribution is 9.10. The number of hydrogen-bond donors (Lipinski definition) is 2. The first kappa shape index (κ1) is 13.1. The van der Waals surface area contributed by atoms with Crippen LogP contribution in [0, 0.1) is 0 Å². The van der Waals surface area contributed by atoms with Gasteiger partial charge in [-0.1, -0.05) is 0 Å². The number of carbonyl (C=O) groups is 2. The van der Waals surface area contributed by atoms with Crippen molar-refractivity contribution in [3.05, 3.63) is 28.2 Å². The quantitative estimate of drug-likeness (QED) is 0.835. The molecule has 0 atom stereocenters. The molecule has 2 N–H and O–H groups in total. The van der Waals surface area contributed by atoms with Gasteiger partial charge in [-0.15, -0.1) is 11.8 Å². The van der Waals surface area contributed by atoms with Crippen molar-refractivity contribution in [2.24, 2.45) is 0 Å². The minimum atomic E-state index is -0.991. The molecule has 0 aromatic heterocycles. The minimum Gasteiger partial charge on any atom is -0.478 e. The molecular weight excluding hydrogens is 294 g/mol. The SMILES string of the molecule is CNC(=O)CSc1ccc(Br)c(C(=O)O)c1. The maximum absolute atomic E-state index is 11.0. The van der Waals surface area contributed by atoms with Gasteiger partial charge in [-0.25, -0.2) is 4.79 Å². The van der Waals surface area contributed by atoms with Crippen molar-refractivity contribution in [3.63, 3.8) is 0 Å². The van der Waals surface area contributed by atoms with Gasteiger partial charge in [0.2, 0.25) is 5.91 Å². The number of carbonyl (C=O) groups excluding carboxylic acids is 1. The fourth-order valence-corrected chi connectivity index (χ4v) is 2.20. The second-order valence-electron chi connectivity index (χ2n) is 2.91. The van der Waals surface area contributed by atoms with E-state index in [1.165, 1.54) is 11.8 Å². The Balaban J connectivity index is 2.79. The van der Waals surface area contributed by atoms with Crippen molar-refractivity contribution in [2.75, 3.05) is 12.8 Å². The summed E-state index contributed by atoms with van der Waals surface area (Å²) in [4.78, 5) is 22.6. The van der Waals surface area contributed by atoms with Crippen molar-refractivity contribution in [3.8, 4) is 0 Å². The Labute approximate surface area is 106 Å². The molecule has 0 heterocycles. The van der Waals surface area contributed by atoms with Crippen molar-refractivity contribution in [2.45, 2.75) is 4.90 Å². The Morgan fingerprint density at radius 2 is 2.19 bits per heavy atom. The van der Waals surface area contributed by atoms with Crippen LogP contribution in [0.2, 0.25) is 0 Å². The highest BCUT2D eigenvalue weighted by Crippen LogP contribution is 2.24. The highest BCUT2D eigenvalue weighted by Gasteiger charge is 2.09. The molecule has 0 unspecified atom stereocenters. The standard InChI is InChI=1S/C10H10BrNO3S/c1-12-9(13)5-16-6-2-3-8(11)7(4-6)10(14)15/h2-4H,5H2,1H3,(H,12,13)(H,14,15). The summed E-state index contributed by atoms with van der Waals surface area (Å²) in [5.41, 5.74) is 0.196. The fourth-order valence-electron chi connectivity index (χ4n) is 0.979. The zero-order chi connectivity index (χ0) is 12.1. The summed E-state index contributed by atoms with van der Waals surface area (Å²) in [6.45, 7) is 0. The highest BCUT2D eigenvalue weighted by atomic mass is 79.9. The molecule has 1 rings (SSSR count). The Bertz CT molecular complexity index is 423. The number of nitrogens with one attached hydrogen (secondary N) is 1. The summed E-state index contributed by atoms with van der Waals surface area (Å²) >= 11 is 4.45. The van der Waals surface area contributed by atoms with Crippen LogP contribution < -0.4 is 5.32 Å². The van der Waals surface area contributed by atoms with Gasteiger partial charge in [0.05, 0.1) is 11.3 Å². The van der Waals surface area contributed by atoms with Crippen molar-refractivity contribution >= 4 is 39.6 Å². The smallest absolute Gasteiger partial charge is 0.336 e. The average Bonchev–Trinajstić information content (AvgIpc) is 2.27. The monoisotopic (exact) mass is 303 g/mol. The summed E-state index contributed by atoms with van der Waals surface area (Å²) in [7, 11) is 1.56. The van der Waals surface area contributed by atoms with Crippen LogP contribution in [0.1, 0.15) is 10.4 Å². The van der Waals surface area contributed by atoms with Gasteiger partial charge in [-0.2, -0.15) is 0 Å². The molecule has 4 nitrogen and oxygen atoms in total. The molecule has 1 amide bonds. The van der Waals surface area contributed by atoms with Crippen LogP contribution in [0.3, 0.4) is 0 Å². The lowest BCUT2D eigenvalue weighted by Crippen LogP contribution is -2.19. The van der Waals surface area contributed by atoms with Crippen LogP contribution in [0.5, 0.6) is 0 Å². The lowest BCUT2D eigenvalue weighted by Gasteiger charge is -2.04. The van der Waals surface area contributed by atoms with Crippen molar-refractivity contribution < 1.29 is 14.7 Å². The first-order chi connectivity index (χ1) is 7.54. The fraction of sp³-hybridized carbons (Fsp3) is 0.200. The maximum atomic E-state index is 11.0. The van der Waals surface area contributed by atoms with Gasteiger partial charge in [0.1, 0.15) is 0 Å². The number of thioether (sulfide) groups is 1. The van der Waals surface area contributed by atoms with Gasteiger partial charge in [-0.05, 0) is 34.1 Å². The van der Waals surface area contributed by atoms with Crippen molar-refractivity contribution in [1.82, 2.24) is 5.32 Å². The number of aromatic carboxylic acids is 1. The molecule has 1 aromatic carbocycles. The number of carboxylic acids is 1. The third kappa shape index (κ3) is 3.53. The van der Waals surface area contributed by atoms with Crippen LogP contribution in [-0.4, -0.2) is 29.8 Å². The average molecular weight is 304 g/mol. The van der Waals surface area contributed by atoms with Crippen LogP contribution in [0.15, 0.2) is 27.6 Å². The zero-order valence-electron chi connectivity index (χ0n) is 8.49. The molecule has 6 heteroatoms. The van der Waals surface area contributed by atoms with E-state index in [1.807, 2.05) is 0 Å². The van der Waals surface area contributed by atoms with Gasteiger partial charge in [-0.3, -0.25) is 4.79 Å². The first-order valence-corrected chi connectivity index (χ1v) is 6.18. The zero-order valence-corrected chi connectivity index (χ0v) is 10.9. The lowest BCUT2D eigenvalue weighted by molar-refractivity contribution is -0.118. The minimum absolute atomic E-state index is 0.0928. The maximum Gasteiger partial charge on any atom is 0.336 e. The molecule has 0 aliphatic carbocycles. The van der Waals surface area contributed by atoms with Gasteiger partial charge in [0, 0.05) is 16.4 Å². The van der Waals surface area contributed by atoms with Crippen LogP contribution >= 0.6 is 27.7 Å². The molecule has 0 fully saturated rings. The molecule has 0 spiro atoms. The predicted octanol–water partition coefficient (Wildman–Crippen LogP) is 1.99. The Morgan fingerprint density at radius 1 is 1.50 bits per heavy atom. The van der Waals surface area contributed by atoms with Gasteiger partial charge in [0.25, 0.3) is 0 Å². The van der Waals surface area contributed by atoms with E-state index < -0.39 is 5.97 Å². The number of carboxylic acid groups (broad SMARTS) is 1. The largest absolute Gasteiger partial charge is 0.478 e. The summed E-state index contributed by atoms with van der Waals surface area (Å²) in [5.74, 6) is -0.809. The van der Waals surface area contributed by atoms with Crippen LogP contribution in [0.25, 0.3) is 0 Å². The molecule has 0 aliphatic heterocycles. The molecule has 0 bridgehead atoms. The summed E-state index contributed by atoms with van der Waals surface area (Å²) in [5, 5.41) is 11.4. The Kier molecular flexibility index (Phi) is 4.82. The van der Waals surface area contributed by atoms with E-state index in [0.29, 0.717) is 4.47 Å². The van der Waals surface area contributed by atoms with Crippen LogP contribution in [-0.2, 0) is 4.79 Å². The van der Waals surface area contributed by atoms with Gasteiger partial charge < -0.3 is 10.4 Å². The molecule has 0 saturated heterocycles. The Hall–Kier alpha value is -1.01. The van der Waals surface area contributed by atoms with E-state index in [0.717, 1.165) is 4.90 Å². The van der Waals surface area contributed by atoms with Crippen LogP contribution in [0.4, 0.5) is 0 Å². The second kappa shape index (κ2) is 5.91. The number of rotatable bonds is 4. The number of halogens is 1. The predicted molar refractivity (Wildman–Crippen MR) is 65.9 cm³/mol. The third-order valence-corrected chi connectivity index (χ3v) is 3.50. The third-order valence-electron chi connectivity index (χ3n) is 1.82.